The third-order valence-electron chi connectivity index (χ3n) is 5.32. The predicted molar refractivity (Wildman–Crippen MR) is 138 cm³/mol. The van der Waals surface area contributed by atoms with Crippen LogP contribution in [0.15, 0.2) is 71.6 Å². The number of aliphatic hydroxyl groups excluding tert-OH is 2. The molecule has 11 nitrogen and oxygen atoms in total. The van der Waals surface area contributed by atoms with Gasteiger partial charge in [-0.05, 0) is 42.7 Å². The number of phenolic OH excluding ortho intramolecular Hbond substituents is 1. The maximum Gasteiger partial charge on any atom is 0.342 e. The zero-order valence-electron chi connectivity index (χ0n) is 21.1. The summed E-state index contributed by atoms with van der Waals surface area (Å²) in [5.74, 6) is -2.37. The summed E-state index contributed by atoms with van der Waals surface area (Å²) in [6, 6.07) is 4.57. The second-order valence-electron chi connectivity index (χ2n) is 8.18. The van der Waals surface area contributed by atoms with E-state index < -0.39 is 42.8 Å². The first kappa shape index (κ1) is 30.0. The van der Waals surface area contributed by atoms with Crippen LogP contribution >= 0.6 is 0 Å². The van der Waals surface area contributed by atoms with Gasteiger partial charge in [-0.25, -0.2) is 4.79 Å². The van der Waals surface area contributed by atoms with E-state index in [2.05, 4.69) is 15.3 Å². The molecule has 2 rings (SSSR count). The fourth-order valence-corrected chi connectivity index (χ4v) is 3.32. The van der Waals surface area contributed by atoms with Crippen molar-refractivity contribution in [2.45, 2.75) is 44.5 Å². The Hall–Kier alpha value is -4.22. The third kappa shape index (κ3) is 10.0. The van der Waals surface area contributed by atoms with Gasteiger partial charge in [0.15, 0.2) is 0 Å². The molecule has 0 spiro atoms. The van der Waals surface area contributed by atoms with Crippen molar-refractivity contribution in [3.05, 3.63) is 77.6 Å². The van der Waals surface area contributed by atoms with Gasteiger partial charge in [0.2, 0.25) is 5.91 Å². The van der Waals surface area contributed by atoms with Crippen LogP contribution in [0.3, 0.4) is 0 Å². The van der Waals surface area contributed by atoms with E-state index in [1.807, 2.05) is 0 Å². The highest BCUT2D eigenvalue weighted by molar-refractivity contribution is 5.94. The molecule has 1 aliphatic rings. The molecule has 4 N–H and O–H groups in total. The lowest BCUT2D eigenvalue weighted by Gasteiger charge is -2.19. The number of hydrogen-bond acceptors (Lipinski definition) is 10. The van der Waals surface area contributed by atoms with E-state index in [0.29, 0.717) is 11.1 Å². The summed E-state index contributed by atoms with van der Waals surface area (Å²) < 4.78 is 10.8. The Bertz CT molecular complexity index is 1120. The highest BCUT2D eigenvalue weighted by atomic mass is 16.6. The number of phenols is 1. The average Bonchev–Trinajstić information content (AvgIpc) is 2.89. The number of allylic oxidation sites excluding steroid dienone is 2. The number of cyclic esters (lactones) is 2. The van der Waals surface area contributed by atoms with Gasteiger partial charge in [0.1, 0.15) is 30.6 Å². The third-order valence-corrected chi connectivity index (χ3v) is 5.32. The lowest BCUT2D eigenvalue weighted by Crippen LogP contribution is -2.27. The Morgan fingerprint density at radius 1 is 1.26 bits per heavy atom. The van der Waals surface area contributed by atoms with Crippen LogP contribution < -0.4 is 5.32 Å². The lowest BCUT2D eigenvalue weighted by atomic mass is 10.0. The van der Waals surface area contributed by atoms with Gasteiger partial charge in [0.25, 0.3) is 0 Å². The SMILES string of the molecule is CON=CC=CC(=O)NC=CCC1CC(=O)OC(CO)C=CC(O)C(C)=CCc2cccc(O)c2C(=O)O1. The van der Waals surface area contributed by atoms with E-state index in [4.69, 9.17) is 9.47 Å². The molecule has 1 heterocycles. The maximum atomic E-state index is 13.1. The molecule has 0 radical (unpaired) electrons. The number of nitrogens with zero attached hydrogens (tertiary/aromatic N) is 1. The maximum absolute atomic E-state index is 13.1. The van der Waals surface area contributed by atoms with Crippen molar-refractivity contribution in [2.75, 3.05) is 13.7 Å². The van der Waals surface area contributed by atoms with Crippen molar-refractivity contribution < 1.29 is 44.0 Å². The fourth-order valence-electron chi connectivity index (χ4n) is 3.32. The Balaban J connectivity index is 2.28. The molecule has 3 unspecified atom stereocenters. The Morgan fingerprint density at radius 3 is 2.79 bits per heavy atom. The van der Waals surface area contributed by atoms with Crippen molar-refractivity contribution in [3.63, 3.8) is 0 Å². The van der Waals surface area contributed by atoms with Gasteiger partial charge in [0.05, 0.1) is 25.3 Å². The number of aliphatic hydroxyl groups is 2. The standard InChI is InChI=1S/C27H32N2O9/c1-18-10-11-19-6-3-8-23(32)26(19)27(35)38-20(7-4-14-28-24(33)9-5-15-29-36-2)16-25(34)37-21(17-30)12-13-22(18)31/h3-6,8-10,12-15,20-22,30-32H,7,11,16-17H2,1-2H3,(H,28,33). The number of oxime groups is 1. The second-order valence-corrected chi connectivity index (χ2v) is 8.18. The molecule has 0 saturated heterocycles. The van der Waals surface area contributed by atoms with Gasteiger partial charge in [-0.1, -0.05) is 35.5 Å². The van der Waals surface area contributed by atoms with Crippen molar-refractivity contribution in [2.24, 2.45) is 5.16 Å². The number of esters is 2. The summed E-state index contributed by atoms with van der Waals surface area (Å²) in [5.41, 5.74) is 0.942. The van der Waals surface area contributed by atoms with Crippen molar-refractivity contribution in [3.8, 4) is 5.75 Å². The molecule has 3 atom stereocenters. The van der Waals surface area contributed by atoms with E-state index >= 15 is 0 Å². The summed E-state index contributed by atoms with van der Waals surface area (Å²) in [7, 11) is 1.37. The molecule has 0 fully saturated rings. The van der Waals surface area contributed by atoms with E-state index in [1.54, 1.807) is 25.1 Å². The zero-order chi connectivity index (χ0) is 27.9. The molecule has 38 heavy (non-hydrogen) atoms. The molecule has 1 aromatic rings. The minimum Gasteiger partial charge on any atom is -0.507 e. The van der Waals surface area contributed by atoms with E-state index in [1.165, 1.54) is 56.0 Å². The van der Waals surface area contributed by atoms with Gasteiger partial charge >= 0.3 is 11.9 Å². The molecule has 11 heteroatoms. The average molecular weight is 529 g/mol. The summed E-state index contributed by atoms with van der Waals surface area (Å²) >= 11 is 0. The van der Waals surface area contributed by atoms with Gasteiger partial charge in [0, 0.05) is 18.7 Å². The van der Waals surface area contributed by atoms with Crippen LogP contribution in [0.2, 0.25) is 0 Å². The van der Waals surface area contributed by atoms with Crippen molar-refractivity contribution in [1.29, 1.82) is 0 Å². The first-order valence-corrected chi connectivity index (χ1v) is 11.8. The first-order valence-electron chi connectivity index (χ1n) is 11.8. The number of carbonyl (C=O) groups excluding carboxylic acids is 3. The van der Waals surface area contributed by atoms with Crippen LogP contribution in [0.4, 0.5) is 0 Å². The minimum atomic E-state index is -1.02. The number of nitrogens with one attached hydrogen (secondary N) is 1. The van der Waals surface area contributed by atoms with Crippen LogP contribution in [0.5, 0.6) is 5.75 Å². The predicted octanol–water partition coefficient (Wildman–Crippen LogP) is 1.84. The number of aromatic hydroxyl groups is 1. The molecule has 0 aliphatic carbocycles. The molecule has 0 bridgehead atoms. The molecule has 1 aliphatic heterocycles. The summed E-state index contributed by atoms with van der Waals surface area (Å²) in [5, 5.41) is 36.3. The second kappa shape index (κ2) is 15.8. The highest BCUT2D eigenvalue weighted by Crippen LogP contribution is 2.25. The largest absolute Gasteiger partial charge is 0.507 e. The van der Waals surface area contributed by atoms with Crippen molar-refractivity contribution >= 4 is 24.1 Å². The van der Waals surface area contributed by atoms with Crippen LogP contribution in [0.25, 0.3) is 0 Å². The quantitative estimate of drug-likeness (QED) is 0.136. The van der Waals surface area contributed by atoms with E-state index in [9.17, 15) is 29.7 Å². The number of benzene rings is 1. The van der Waals surface area contributed by atoms with Crippen LogP contribution in [-0.4, -0.2) is 71.4 Å². The van der Waals surface area contributed by atoms with Crippen LogP contribution in [-0.2, 0) is 30.3 Å². The number of amides is 1. The fraction of sp³-hybridized carbons (Fsp3) is 0.333. The number of carbonyl (C=O) groups is 3. The monoisotopic (exact) mass is 528 g/mol. The number of fused-ring (bicyclic) bond motifs is 1. The topological polar surface area (TPSA) is 164 Å². The van der Waals surface area contributed by atoms with E-state index in [0.717, 1.165) is 0 Å². The zero-order valence-corrected chi connectivity index (χ0v) is 21.1. The van der Waals surface area contributed by atoms with Gasteiger partial charge in [-0.3, -0.25) is 9.59 Å². The van der Waals surface area contributed by atoms with Crippen LogP contribution in [0.1, 0.15) is 35.7 Å². The Morgan fingerprint density at radius 2 is 2.05 bits per heavy atom. The molecule has 1 amide bonds. The van der Waals surface area contributed by atoms with Crippen LogP contribution in [0, 0.1) is 0 Å². The lowest BCUT2D eigenvalue weighted by molar-refractivity contribution is -0.150. The van der Waals surface area contributed by atoms with Crippen molar-refractivity contribution in [1.82, 2.24) is 5.32 Å². The van der Waals surface area contributed by atoms with Gasteiger partial charge in [-0.15, -0.1) is 0 Å². The molecule has 0 saturated carbocycles. The molecule has 0 aromatic heterocycles. The summed E-state index contributed by atoms with van der Waals surface area (Å²) in [6.07, 6.45) is 7.96. The smallest absolute Gasteiger partial charge is 0.342 e. The molecular formula is C27H32N2O9. The summed E-state index contributed by atoms with van der Waals surface area (Å²) in [4.78, 5) is 41.9. The number of ether oxygens (including phenoxy) is 2. The summed E-state index contributed by atoms with van der Waals surface area (Å²) in [6.45, 7) is 1.16. The molecule has 1 aromatic carbocycles. The number of rotatable bonds is 7. The van der Waals surface area contributed by atoms with E-state index in [-0.39, 0.29) is 30.6 Å². The normalized spacial score (nSPS) is 21.4. The molecule has 204 valence electrons. The highest BCUT2D eigenvalue weighted by Gasteiger charge is 2.25. The minimum absolute atomic E-state index is 0.0241. The number of hydrogen-bond donors (Lipinski definition) is 4. The van der Waals surface area contributed by atoms with Gasteiger partial charge in [-0.2, -0.15) is 0 Å². The first-order chi connectivity index (χ1) is 18.2. The molecular weight excluding hydrogens is 496 g/mol. The Labute approximate surface area is 220 Å². The Kier molecular flexibility index (Phi) is 12.5. The van der Waals surface area contributed by atoms with Gasteiger partial charge < -0.3 is 34.9 Å².